The van der Waals surface area contributed by atoms with Crippen LogP contribution in [0.5, 0.6) is 5.75 Å². The van der Waals surface area contributed by atoms with Crippen LogP contribution in [0, 0.1) is 5.92 Å². The van der Waals surface area contributed by atoms with E-state index < -0.39 is 0 Å². The van der Waals surface area contributed by atoms with Gasteiger partial charge in [-0.25, -0.2) is 4.68 Å². The van der Waals surface area contributed by atoms with Crippen LogP contribution in [0.1, 0.15) is 19.3 Å². The van der Waals surface area contributed by atoms with Gasteiger partial charge in [0.25, 0.3) is 0 Å². The molecule has 1 aromatic heterocycles. The van der Waals surface area contributed by atoms with E-state index in [-0.39, 0.29) is 12.5 Å². The highest BCUT2D eigenvalue weighted by Crippen LogP contribution is 2.22. The summed E-state index contributed by atoms with van der Waals surface area (Å²) in [6.45, 7) is 7.39. The van der Waals surface area contributed by atoms with Gasteiger partial charge in [-0.2, -0.15) is 0 Å². The van der Waals surface area contributed by atoms with Crippen LogP contribution in [0.4, 0.5) is 5.69 Å². The predicted octanol–water partition coefficient (Wildman–Crippen LogP) is 1.13. The van der Waals surface area contributed by atoms with E-state index in [0.717, 1.165) is 64.4 Å². The highest BCUT2D eigenvalue weighted by molar-refractivity contribution is 5.75. The Morgan fingerprint density at radius 2 is 1.87 bits per heavy atom. The molecule has 162 valence electrons. The predicted molar refractivity (Wildman–Crippen MR) is 113 cm³/mol. The number of nitrogens with zero attached hydrogens (tertiary/aromatic N) is 7. The molecule has 0 unspecified atom stereocenters. The van der Waals surface area contributed by atoms with Crippen LogP contribution in [0.15, 0.2) is 30.6 Å². The molecule has 4 rings (SSSR count). The molecule has 0 atom stereocenters. The minimum atomic E-state index is 0.102. The van der Waals surface area contributed by atoms with Gasteiger partial charge in [0, 0.05) is 45.0 Å². The van der Waals surface area contributed by atoms with E-state index in [1.54, 1.807) is 7.11 Å². The molecule has 2 aliphatic heterocycles. The molecule has 0 aliphatic carbocycles. The van der Waals surface area contributed by atoms with Crippen LogP contribution >= 0.6 is 0 Å². The van der Waals surface area contributed by atoms with Gasteiger partial charge in [-0.1, -0.05) is 0 Å². The lowest BCUT2D eigenvalue weighted by molar-refractivity contribution is -0.133. The molecular formula is C21H31N7O2. The second-order valence-electron chi connectivity index (χ2n) is 8.17. The van der Waals surface area contributed by atoms with Crippen molar-refractivity contribution in [2.45, 2.75) is 25.8 Å². The van der Waals surface area contributed by atoms with Gasteiger partial charge < -0.3 is 19.4 Å². The van der Waals surface area contributed by atoms with Crippen LogP contribution in [0.25, 0.3) is 0 Å². The third-order valence-corrected chi connectivity index (χ3v) is 6.20. The Morgan fingerprint density at radius 3 is 2.57 bits per heavy atom. The van der Waals surface area contributed by atoms with Crippen LogP contribution in [-0.4, -0.2) is 88.8 Å². The summed E-state index contributed by atoms with van der Waals surface area (Å²) in [5, 5.41) is 10.9. The van der Waals surface area contributed by atoms with Gasteiger partial charge in [0.05, 0.1) is 7.11 Å². The van der Waals surface area contributed by atoms with Crippen molar-refractivity contribution in [2.75, 3.05) is 57.8 Å². The molecule has 9 heteroatoms. The highest BCUT2D eigenvalue weighted by atomic mass is 16.5. The zero-order chi connectivity index (χ0) is 20.8. The monoisotopic (exact) mass is 413 g/mol. The van der Waals surface area contributed by atoms with Gasteiger partial charge in [-0.3, -0.25) is 4.79 Å². The number of benzene rings is 1. The molecule has 9 nitrogen and oxygen atoms in total. The fourth-order valence-electron chi connectivity index (χ4n) is 4.43. The minimum Gasteiger partial charge on any atom is -0.497 e. The average Bonchev–Trinajstić information content (AvgIpc) is 3.18. The molecule has 0 bridgehead atoms. The summed E-state index contributed by atoms with van der Waals surface area (Å²) >= 11 is 0. The maximum absolute atomic E-state index is 12.4. The number of piperidine rings is 1. The number of tetrazole rings is 1. The number of carbonyl (C=O) groups excluding carboxylic acids is 1. The van der Waals surface area contributed by atoms with Gasteiger partial charge in [0.15, 0.2) is 0 Å². The number of rotatable bonds is 6. The molecule has 30 heavy (non-hydrogen) atoms. The fourth-order valence-corrected chi connectivity index (χ4v) is 4.43. The number of likely N-dealkylation sites (tertiary alicyclic amines) is 1. The first kappa shape index (κ1) is 20.6. The minimum absolute atomic E-state index is 0.102. The first-order valence-electron chi connectivity index (χ1n) is 10.8. The number of anilines is 1. The molecule has 1 aromatic carbocycles. The number of amides is 1. The normalized spacial score (nSPS) is 19.0. The maximum Gasteiger partial charge on any atom is 0.244 e. The van der Waals surface area contributed by atoms with Crippen LogP contribution in [-0.2, 0) is 11.3 Å². The van der Waals surface area contributed by atoms with Crippen LogP contribution in [0.2, 0.25) is 0 Å². The van der Waals surface area contributed by atoms with Crippen molar-refractivity contribution < 1.29 is 9.53 Å². The number of hydrogen-bond acceptors (Lipinski definition) is 7. The molecule has 3 heterocycles. The van der Waals surface area contributed by atoms with Crippen molar-refractivity contribution in [1.82, 2.24) is 30.0 Å². The lowest BCUT2D eigenvalue weighted by Crippen LogP contribution is -2.43. The smallest absolute Gasteiger partial charge is 0.244 e. The summed E-state index contributed by atoms with van der Waals surface area (Å²) in [7, 11) is 1.70. The topological polar surface area (TPSA) is 79.6 Å². The molecule has 2 saturated heterocycles. The van der Waals surface area contributed by atoms with Gasteiger partial charge >= 0.3 is 0 Å². The second-order valence-corrected chi connectivity index (χ2v) is 8.17. The lowest BCUT2D eigenvalue weighted by atomic mass is 9.96. The third kappa shape index (κ3) is 5.27. The quantitative estimate of drug-likeness (QED) is 0.702. The average molecular weight is 414 g/mol. The number of ether oxygens (including phenoxy) is 1. The SMILES string of the molecule is COc1ccc(N2CCCN(CC3CCN(C(=O)Cn4cnnn4)CC3)CC2)cc1. The van der Waals surface area contributed by atoms with Crippen molar-refractivity contribution in [1.29, 1.82) is 0 Å². The molecule has 0 saturated carbocycles. The highest BCUT2D eigenvalue weighted by Gasteiger charge is 2.25. The van der Waals surface area contributed by atoms with E-state index in [1.807, 2.05) is 17.0 Å². The van der Waals surface area contributed by atoms with Crippen molar-refractivity contribution in [2.24, 2.45) is 5.92 Å². The molecule has 0 N–H and O–H groups in total. The van der Waals surface area contributed by atoms with Gasteiger partial charge in [-0.15, -0.1) is 5.10 Å². The molecule has 0 spiro atoms. The van der Waals surface area contributed by atoms with Crippen LogP contribution < -0.4 is 9.64 Å². The van der Waals surface area contributed by atoms with E-state index in [0.29, 0.717) is 5.92 Å². The largest absolute Gasteiger partial charge is 0.497 e. The maximum atomic E-state index is 12.4. The van der Waals surface area contributed by atoms with Crippen molar-refractivity contribution >= 4 is 11.6 Å². The zero-order valence-corrected chi connectivity index (χ0v) is 17.7. The molecule has 2 aromatic rings. The van der Waals surface area contributed by atoms with Crippen molar-refractivity contribution in [3.05, 3.63) is 30.6 Å². The number of methoxy groups -OCH3 is 1. The summed E-state index contributed by atoms with van der Waals surface area (Å²) in [4.78, 5) is 19.4. The van der Waals surface area contributed by atoms with Gasteiger partial charge in [-0.05, 0) is 66.4 Å². The molecule has 2 fully saturated rings. The second kappa shape index (κ2) is 9.88. The first-order valence-corrected chi connectivity index (χ1v) is 10.8. The Morgan fingerprint density at radius 1 is 1.07 bits per heavy atom. The van der Waals surface area contributed by atoms with Gasteiger partial charge in [0.1, 0.15) is 18.6 Å². The summed E-state index contributed by atoms with van der Waals surface area (Å²) in [6.07, 6.45) is 4.80. The Bertz CT molecular complexity index is 788. The van der Waals surface area contributed by atoms with Crippen molar-refractivity contribution in [3.63, 3.8) is 0 Å². The van der Waals surface area contributed by atoms with E-state index in [2.05, 4.69) is 37.5 Å². The Labute approximate surface area is 177 Å². The fraction of sp³-hybridized carbons (Fsp3) is 0.619. The standard InChI is InChI=1S/C21H31N7O2/c1-30-20-5-3-19(4-6-20)26-10-2-9-25(13-14-26)15-18-7-11-27(12-8-18)21(29)16-28-17-22-23-24-28/h3-6,17-18H,2,7-16H2,1H3. The Hall–Kier alpha value is -2.68. The van der Waals surface area contributed by atoms with E-state index in [4.69, 9.17) is 4.74 Å². The summed E-state index contributed by atoms with van der Waals surface area (Å²) in [5.41, 5.74) is 1.27. The lowest BCUT2D eigenvalue weighted by Gasteiger charge is -2.34. The van der Waals surface area contributed by atoms with E-state index in [1.165, 1.54) is 23.1 Å². The molecule has 2 aliphatic rings. The number of aromatic nitrogens is 4. The van der Waals surface area contributed by atoms with Crippen molar-refractivity contribution in [3.8, 4) is 5.75 Å². The Balaban J connectivity index is 1.21. The molecule has 1 amide bonds. The molecular weight excluding hydrogens is 382 g/mol. The third-order valence-electron chi connectivity index (χ3n) is 6.20. The van der Waals surface area contributed by atoms with E-state index >= 15 is 0 Å². The van der Waals surface area contributed by atoms with Gasteiger partial charge in [0.2, 0.25) is 5.91 Å². The molecule has 0 radical (unpaired) electrons. The first-order chi connectivity index (χ1) is 14.7. The van der Waals surface area contributed by atoms with E-state index in [9.17, 15) is 4.79 Å². The number of hydrogen-bond donors (Lipinski definition) is 0. The zero-order valence-electron chi connectivity index (χ0n) is 17.7. The Kier molecular flexibility index (Phi) is 6.78. The summed E-state index contributed by atoms with van der Waals surface area (Å²) in [5.74, 6) is 1.67. The van der Waals surface area contributed by atoms with Crippen LogP contribution in [0.3, 0.4) is 0 Å². The summed E-state index contributed by atoms with van der Waals surface area (Å²) < 4.78 is 6.76. The summed E-state index contributed by atoms with van der Waals surface area (Å²) in [6, 6.07) is 8.37. The number of carbonyl (C=O) groups is 1.